The van der Waals surface area contributed by atoms with Gasteiger partial charge in [-0.1, -0.05) is 45.4 Å². The Morgan fingerprint density at radius 3 is 2.00 bits per heavy atom. The molecule has 0 heterocycles. The van der Waals surface area contributed by atoms with E-state index in [1.54, 1.807) is 0 Å². The highest BCUT2D eigenvalue weighted by Crippen LogP contribution is 2.27. The van der Waals surface area contributed by atoms with Gasteiger partial charge in [-0.15, -0.1) is 0 Å². The number of rotatable bonds is 2. The van der Waals surface area contributed by atoms with Crippen LogP contribution in [0, 0.1) is 5.92 Å². The maximum absolute atomic E-state index is 3.94. The molecule has 2 fully saturated rings. The molecule has 0 spiro atoms. The van der Waals surface area contributed by atoms with Gasteiger partial charge in [-0.05, 0) is 31.6 Å². The Bertz CT molecular complexity index is 170. The van der Waals surface area contributed by atoms with E-state index in [1.165, 1.54) is 64.2 Å². The van der Waals surface area contributed by atoms with Crippen LogP contribution in [0.1, 0.15) is 71.1 Å². The first kappa shape index (κ1) is 11.4. The fraction of sp³-hybridized carbons (Fsp3) is 1.00. The van der Waals surface area contributed by atoms with Gasteiger partial charge in [0, 0.05) is 12.1 Å². The maximum atomic E-state index is 3.94. The van der Waals surface area contributed by atoms with Crippen LogP contribution in [0.3, 0.4) is 0 Å². The highest BCUT2D eigenvalue weighted by molar-refractivity contribution is 4.83. The van der Waals surface area contributed by atoms with E-state index in [2.05, 4.69) is 12.2 Å². The molecule has 15 heavy (non-hydrogen) atoms. The molecule has 0 amide bonds. The molecule has 1 N–H and O–H groups in total. The van der Waals surface area contributed by atoms with Crippen molar-refractivity contribution in [3.05, 3.63) is 0 Å². The summed E-state index contributed by atoms with van der Waals surface area (Å²) in [6.07, 6.45) is 14.5. The summed E-state index contributed by atoms with van der Waals surface area (Å²) in [4.78, 5) is 0. The van der Waals surface area contributed by atoms with E-state index in [4.69, 9.17) is 0 Å². The molecule has 2 aliphatic carbocycles. The van der Waals surface area contributed by atoms with Gasteiger partial charge in [0.2, 0.25) is 0 Å². The molecular formula is C14H27N. The van der Waals surface area contributed by atoms with Gasteiger partial charge in [0.05, 0.1) is 0 Å². The predicted octanol–water partition coefficient (Wildman–Crippen LogP) is 3.88. The molecule has 0 saturated heterocycles. The second kappa shape index (κ2) is 5.89. The normalized spacial score (nSPS) is 35.0. The van der Waals surface area contributed by atoms with Crippen molar-refractivity contribution in [2.24, 2.45) is 5.92 Å². The number of nitrogens with one attached hydrogen (secondary N) is 1. The second-order valence-electron chi connectivity index (χ2n) is 5.72. The monoisotopic (exact) mass is 209 g/mol. The van der Waals surface area contributed by atoms with Crippen molar-refractivity contribution in [3.63, 3.8) is 0 Å². The summed E-state index contributed by atoms with van der Waals surface area (Å²) in [7, 11) is 0. The van der Waals surface area contributed by atoms with E-state index in [1.807, 2.05) is 0 Å². The van der Waals surface area contributed by atoms with Gasteiger partial charge in [0.25, 0.3) is 0 Å². The van der Waals surface area contributed by atoms with Crippen LogP contribution >= 0.6 is 0 Å². The predicted molar refractivity (Wildman–Crippen MR) is 66.0 cm³/mol. The van der Waals surface area contributed by atoms with E-state index in [0.717, 1.165) is 18.0 Å². The first-order valence-corrected chi connectivity index (χ1v) is 7.12. The summed E-state index contributed by atoms with van der Waals surface area (Å²) >= 11 is 0. The molecular weight excluding hydrogens is 182 g/mol. The zero-order chi connectivity index (χ0) is 10.5. The third-order valence-corrected chi connectivity index (χ3v) is 4.42. The molecule has 2 atom stereocenters. The first-order valence-electron chi connectivity index (χ1n) is 7.12. The average molecular weight is 209 g/mol. The Morgan fingerprint density at radius 2 is 1.40 bits per heavy atom. The summed E-state index contributed by atoms with van der Waals surface area (Å²) in [5, 5.41) is 3.94. The van der Waals surface area contributed by atoms with Gasteiger partial charge in [0.15, 0.2) is 0 Å². The molecule has 0 aromatic carbocycles. The van der Waals surface area contributed by atoms with Crippen molar-refractivity contribution in [2.45, 2.75) is 83.2 Å². The fourth-order valence-corrected chi connectivity index (χ4v) is 3.32. The Labute approximate surface area is 95.0 Å². The first-order chi connectivity index (χ1) is 7.36. The van der Waals surface area contributed by atoms with Gasteiger partial charge in [-0.3, -0.25) is 0 Å². The topological polar surface area (TPSA) is 12.0 Å². The molecule has 88 valence electrons. The summed E-state index contributed by atoms with van der Waals surface area (Å²) in [5.41, 5.74) is 0. The highest BCUT2D eigenvalue weighted by atomic mass is 15.0. The average Bonchev–Trinajstić information content (AvgIpc) is 2.56. The summed E-state index contributed by atoms with van der Waals surface area (Å²) in [6, 6.07) is 1.69. The SMILES string of the molecule is CC1CCCC1NC1CCCCCCC1. The van der Waals surface area contributed by atoms with E-state index < -0.39 is 0 Å². The Morgan fingerprint density at radius 1 is 0.733 bits per heavy atom. The zero-order valence-electron chi connectivity index (χ0n) is 10.3. The third-order valence-electron chi connectivity index (χ3n) is 4.42. The van der Waals surface area contributed by atoms with Crippen LogP contribution in [0.5, 0.6) is 0 Å². The lowest BCUT2D eigenvalue weighted by atomic mass is 9.95. The molecule has 0 radical (unpaired) electrons. The molecule has 2 rings (SSSR count). The largest absolute Gasteiger partial charge is 0.311 e. The fourth-order valence-electron chi connectivity index (χ4n) is 3.32. The van der Waals surface area contributed by atoms with Gasteiger partial charge >= 0.3 is 0 Å². The van der Waals surface area contributed by atoms with Crippen LogP contribution in [0.25, 0.3) is 0 Å². The molecule has 1 heteroatoms. The Balaban J connectivity index is 1.75. The number of hydrogen-bond acceptors (Lipinski definition) is 1. The van der Waals surface area contributed by atoms with E-state index in [9.17, 15) is 0 Å². The van der Waals surface area contributed by atoms with Crippen LogP contribution in [0.15, 0.2) is 0 Å². The van der Waals surface area contributed by atoms with Crippen molar-refractivity contribution >= 4 is 0 Å². The van der Waals surface area contributed by atoms with Crippen molar-refractivity contribution in [3.8, 4) is 0 Å². The van der Waals surface area contributed by atoms with E-state index in [-0.39, 0.29) is 0 Å². The zero-order valence-corrected chi connectivity index (χ0v) is 10.3. The maximum Gasteiger partial charge on any atom is 0.00952 e. The number of hydrogen-bond donors (Lipinski definition) is 1. The summed E-state index contributed by atoms with van der Waals surface area (Å²) in [6.45, 7) is 2.42. The van der Waals surface area contributed by atoms with Gasteiger partial charge in [0.1, 0.15) is 0 Å². The van der Waals surface area contributed by atoms with Crippen molar-refractivity contribution in [2.75, 3.05) is 0 Å². The van der Waals surface area contributed by atoms with Gasteiger partial charge in [-0.2, -0.15) is 0 Å². The third kappa shape index (κ3) is 3.48. The molecule has 2 saturated carbocycles. The van der Waals surface area contributed by atoms with Gasteiger partial charge < -0.3 is 5.32 Å². The lowest BCUT2D eigenvalue weighted by Gasteiger charge is -2.27. The van der Waals surface area contributed by atoms with E-state index in [0.29, 0.717) is 0 Å². The van der Waals surface area contributed by atoms with Crippen LogP contribution in [-0.4, -0.2) is 12.1 Å². The van der Waals surface area contributed by atoms with Gasteiger partial charge in [-0.25, -0.2) is 0 Å². The van der Waals surface area contributed by atoms with Crippen molar-refractivity contribution < 1.29 is 0 Å². The minimum Gasteiger partial charge on any atom is -0.311 e. The second-order valence-corrected chi connectivity index (χ2v) is 5.72. The Kier molecular flexibility index (Phi) is 4.49. The molecule has 2 aliphatic rings. The van der Waals surface area contributed by atoms with Crippen LogP contribution < -0.4 is 5.32 Å². The Hall–Kier alpha value is -0.0400. The molecule has 0 aromatic heterocycles. The molecule has 0 bridgehead atoms. The standard InChI is InChI=1S/C14H27N/c1-12-8-7-11-14(12)15-13-9-5-3-2-4-6-10-13/h12-15H,2-11H2,1H3. The van der Waals surface area contributed by atoms with Crippen molar-refractivity contribution in [1.82, 2.24) is 5.32 Å². The lowest BCUT2D eigenvalue weighted by Crippen LogP contribution is -2.40. The molecule has 1 nitrogen and oxygen atoms in total. The highest BCUT2D eigenvalue weighted by Gasteiger charge is 2.25. The molecule has 0 aliphatic heterocycles. The quantitative estimate of drug-likeness (QED) is 0.728. The summed E-state index contributed by atoms with van der Waals surface area (Å²) in [5.74, 6) is 0.926. The minimum absolute atomic E-state index is 0.842. The van der Waals surface area contributed by atoms with Crippen LogP contribution in [-0.2, 0) is 0 Å². The molecule has 2 unspecified atom stereocenters. The van der Waals surface area contributed by atoms with Crippen LogP contribution in [0.4, 0.5) is 0 Å². The molecule has 0 aromatic rings. The van der Waals surface area contributed by atoms with Crippen molar-refractivity contribution in [1.29, 1.82) is 0 Å². The summed E-state index contributed by atoms with van der Waals surface area (Å²) < 4.78 is 0. The van der Waals surface area contributed by atoms with Crippen LogP contribution in [0.2, 0.25) is 0 Å². The minimum atomic E-state index is 0.842. The lowest BCUT2D eigenvalue weighted by molar-refractivity contribution is 0.321. The smallest absolute Gasteiger partial charge is 0.00952 e. The van der Waals surface area contributed by atoms with E-state index >= 15 is 0 Å².